The first kappa shape index (κ1) is 13.8. The molecule has 0 spiro atoms. The second-order valence-electron chi connectivity index (χ2n) is 3.81. The van der Waals surface area contributed by atoms with Gasteiger partial charge in [-0.25, -0.2) is 9.97 Å². The predicted molar refractivity (Wildman–Crippen MR) is 77.5 cm³/mol. The number of ether oxygens (including phenoxy) is 1. The van der Waals surface area contributed by atoms with E-state index in [9.17, 15) is 0 Å². The molecule has 0 atom stereocenters. The van der Waals surface area contributed by atoms with Crippen molar-refractivity contribution in [3.63, 3.8) is 0 Å². The van der Waals surface area contributed by atoms with Gasteiger partial charge in [0, 0.05) is 24.6 Å². The van der Waals surface area contributed by atoms with Gasteiger partial charge in [-0.1, -0.05) is 30.0 Å². The van der Waals surface area contributed by atoms with Gasteiger partial charge in [0.1, 0.15) is 17.5 Å². The van der Waals surface area contributed by atoms with Crippen LogP contribution in [0.25, 0.3) is 0 Å². The molecule has 0 saturated heterocycles. The molecule has 1 heterocycles. The van der Waals surface area contributed by atoms with E-state index in [-0.39, 0.29) is 0 Å². The highest BCUT2D eigenvalue weighted by Gasteiger charge is 2.05. The van der Waals surface area contributed by atoms with Gasteiger partial charge in [-0.2, -0.15) is 0 Å². The zero-order chi connectivity index (χ0) is 13.5. The quantitative estimate of drug-likeness (QED) is 0.820. The standard InChI is InChI=1S/C14H17N3OS/c1-3-18-10-13-16-12(15-2)9-14(17-13)19-11-7-5-4-6-8-11/h4-9H,3,10H2,1-2H3,(H,15,16,17). The Morgan fingerprint density at radius 2 is 2.00 bits per heavy atom. The molecule has 0 fully saturated rings. The number of nitrogens with one attached hydrogen (secondary N) is 1. The Balaban J connectivity index is 2.19. The molecule has 2 aromatic rings. The van der Waals surface area contributed by atoms with E-state index in [4.69, 9.17) is 4.74 Å². The highest BCUT2D eigenvalue weighted by Crippen LogP contribution is 2.27. The summed E-state index contributed by atoms with van der Waals surface area (Å²) in [4.78, 5) is 10.0. The van der Waals surface area contributed by atoms with Crippen LogP contribution >= 0.6 is 11.8 Å². The first-order valence-electron chi connectivity index (χ1n) is 6.18. The highest BCUT2D eigenvalue weighted by atomic mass is 32.2. The Labute approximate surface area is 117 Å². The molecular weight excluding hydrogens is 258 g/mol. The number of nitrogens with zero attached hydrogens (tertiary/aromatic N) is 2. The van der Waals surface area contributed by atoms with Gasteiger partial charge in [-0.05, 0) is 19.1 Å². The SMILES string of the molecule is CCOCc1nc(NC)cc(Sc2ccccc2)n1. The number of hydrogen-bond acceptors (Lipinski definition) is 5. The molecular formula is C14H17N3OS. The minimum absolute atomic E-state index is 0.439. The number of rotatable bonds is 6. The first-order valence-corrected chi connectivity index (χ1v) is 7.00. The minimum atomic E-state index is 0.439. The molecule has 5 heteroatoms. The van der Waals surface area contributed by atoms with E-state index in [1.54, 1.807) is 11.8 Å². The van der Waals surface area contributed by atoms with Crippen molar-refractivity contribution in [3.05, 3.63) is 42.2 Å². The van der Waals surface area contributed by atoms with E-state index in [1.165, 1.54) is 0 Å². The van der Waals surface area contributed by atoms with Gasteiger partial charge < -0.3 is 10.1 Å². The summed E-state index contributed by atoms with van der Waals surface area (Å²) < 4.78 is 5.36. The minimum Gasteiger partial charge on any atom is -0.374 e. The van der Waals surface area contributed by atoms with E-state index < -0.39 is 0 Å². The Morgan fingerprint density at radius 1 is 1.21 bits per heavy atom. The van der Waals surface area contributed by atoms with Gasteiger partial charge in [0.2, 0.25) is 0 Å². The lowest BCUT2D eigenvalue weighted by Gasteiger charge is -2.07. The first-order chi connectivity index (χ1) is 9.31. The third-order valence-electron chi connectivity index (χ3n) is 2.41. The van der Waals surface area contributed by atoms with Crippen molar-refractivity contribution in [2.45, 2.75) is 23.5 Å². The average molecular weight is 275 g/mol. The summed E-state index contributed by atoms with van der Waals surface area (Å²) in [6.45, 7) is 3.06. The molecule has 1 N–H and O–H groups in total. The fourth-order valence-corrected chi connectivity index (χ4v) is 2.38. The van der Waals surface area contributed by atoms with Crippen LogP contribution < -0.4 is 5.32 Å². The smallest absolute Gasteiger partial charge is 0.157 e. The lowest BCUT2D eigenvalue weighted by molar-refractivity contribution is 0.128. The topological polar surface area (TPSA) is 47.0 Å². The molecule has 100 valence electrons. The molecule has 0 bridgehead atoms. The molecule has 0 radical (unpaired) electrons. The van der Waals surface area contributed by atoms with Crippen molar-refractivity contribution in [2.24, 2.45) is 0 Å². The second kappa shape index (κ2) is 7.11. The zero-order valence-electron chi connectivity index (χ0n) is 11.1. The van der Waals surface area contributed by atoms with E-state index >= 15 is 0 Å². The van der Waals surface area contributed by atoms with E-state index in [1.807, 2.05) is 38.2 Å². The van der Waals surface area contributed by atoms with Gasteiger partial charge in [-0.15, -0.1) is 0 Å². The van der Waals surface area contributed by atoms with Gasteiger partial charge in [0.15, 0.2) is 5.82 Å². The van der Waals surface area contributed by atoms with Gasteiger partial charge in [0.25, 0.3) is 0 Å². The molecule has 0 aliphatic heterocycles. The summed E-state index contributed by atoms with van der Waals surface area (Å²) in [5, 5.41) is 3.97. The van der Waals surface area contributed by atoms with Crippen LogP contribution in [0.4, 0.5) is 5.82 Å². The van der Waals surface area contributed by atoms with Crippen LogP contribution in [0.15, 0.2) is 46.3 Å². The highest BCUT2D eigenvalue weighted by molar-refractivity contribution is 7.99. The maximum Gasteiger partial charge on any atom is 0.157 e. The maximum atomic E-state index is 5.36. The van der Waals surface area contributed by atoms with Crippen LogP contribution in [0.1, 0.15) is 12.7 Å². The summed E-state index contributed by atoms with van der Waals surface area (Å²) in [7, 11) is 1.85. The molecule has 1 aromatic carbocycles. The second-order valence-corrected chi connectivity index (χ2v) is 4.90. The summed E-state index contributed by atoms with van der Waals surface area (Å²) in [5.41, 5.74) is 0. The average Bonchev–Trinajstić information content (AvgIpc) is 2.46. The van der Waals surface area contributed by atoms with Crippen molar-refractivity contribution in [2.75, 3.05) is 19.0 Å². The van der Waals surface area contributed by atoms with Gasteiger partial charge in [0.05, 0.1) is 0 Å². The fraction of sp³-hybridized carbons (Fsp3) is 0.286. The summed E-state index contributed by atoms with van der Waals surface area (Å²) in [6, 6.07) is 12.1. The molecule has 0 aliphatic rings. The van der Waals surface area contributed by atoms with Crippen molar-refractivity contribution >= 4 is 17.6 Å². The van der Waals surface area contributed by atoms with Crippen LogP contribution in [-0.2, 0) is 11.3 Å². The lowest BCUT2D eigenvalue weighted by atomic mass is 10.4. The molecule has 0 aliphatic carbocycles. The van der Waals surface area contributed by atoms with E-state index in [0.717, 1.165) is 15.7 Å². The predicted octanol–water partition coefficient (Wildman–Crippen LogP) is 3.21. The number of anilines is 1. The fourth-order valence-electron chi connectivity index (χ4n) is 1.52. The maximum absolute atomic E-state index is 5.36. The Kier molecular flexibility index (Phi) is 5.18. The molecule has 19 heavy (non-hydrogen) atoms. The third kappa shape index (κ3) is 4.22. The van der Waals surface area contributed by atoms with E-state index in [2.05, 4.69) is 27.4 Å². The Bertz CT molecular complexity index is 519. The van der Waals surface area contributed by atoms with Crippen molar-refractivity contribution in [1.82, 2.24) is 9.97 Å². The molecule has 4 nitrogen and oxygen atoms in total. The third-order valence-corrected chi connectivity index (χ3v) is 3.33. The zero-order valence-corrected chi connectivity index (χ0v) is 11.9. The molecule has 1 aromatic heterocycles. The van der Waals surface area contributed by atoms with Crippen LogP contribution in [0.2, 0.25) is 0 Å². The summed E-state index contributed by atoms with van der Waals surface area (Å²) in [5.74, 6) is 1.51. The monoisotopic (exact) mass is 275 g/mol. The number of aromatic nitrogens is 2. The van der Waals surface area contributed by atoms with E-state index in [0.29, 0.717) is 19.0 Å². The Morgan fingerprint density at radius 3 is 2.68 bits per heavy atom. The molecule has 2 rings (SSSR count). The van der Waals surface area contributed by atoms with Crippen molar-refractivity contribution in [1.29, 1.82) is 0 Å². The number of benzene rings is 1. The van der Waals surface area contributed by atoms with Crippen LogP contribution in [0, 0.1) is 0 Å². The largest absolute Gasteiger partial charge is 0.374 e. The Hall–Kier alpha value is -1.59. The molecule has 0 amide bonds. The lowest BCUT2D eigenvalue weighted by Crippen LogP contribution is -2.03. The van der Waals surface area contributed by atoms with Gasteiger partial charge in [-0.3, -0.25) is 0 Å². The van der Waals surface area contributed by atoms with Crippen molar-refractivity contribution < 1.29 is 4.74 Å². The van der Waals surface area contributed by atoms with Gasteiger partial charge >= 0.3 is 0 Å². The van der Waals surface area contributed by atoms with Crippen LogP contribution in [-0.4, -0.2) is 23.6 Å². The summed E-state index contributed by atoms with van der Waals surface area (Å²) >= 11 is 1.62. The van der Waals surface area contributed by atoms with Crippen molar-refractivity contribution in [3.8, 4) is 0 Å². The molecule has 0 saturated carbocycles. The van der Waals surface area contributed by atoms with Crippen LogP contribution in [0.5, 0.6) is 0 Å². The van der Waals surface area contributed by atoms with Crippen LogP contribution in [0.3, 0.4) is 0 Å². The normalized spacial score (nSPS) is 10.4. The summed E-state index contributed by atoms with van der Waals surface area (Å²) in [6.07, 6.45) is 0. The molecule has 0 unspecified atom stereocenters. The number of hydrogen-bond donors (Lipinski definition) is 1.